The predicted octanol–water partition coefficient (Wildman–Crippen LogP) is 15.2. The lowest BCUT2D eigenvalue weighted by molar-refractivity contribution is 0.438. The molecule has 1 aliphatic carbocycles. The van der Waals surface area contributed by atoms with Gasteiger partial charge in [0, 0.05) is 49.7 Å². The molecule has 0 bridgehead atoms. The Morgan fingerprint density at radius 1 is 0.349 bits per heavy atom. The summed E-state index contributed by atoms with van der Waals surface area (Å²) in [7, 11) is 0. The second kappa shape index (κ2) is 13.8. The average Bonchev–Trinajstić information content (AvgIpc) is 3.88. The number of para-hydroxylation sites is 4. The van der Waals surface area contributed by atoms with E-state index in [0.29, 0.717) is 5.82 Å². The summed E-state index contributed by atoms with van der Waals surface area (Å²) < 4.78 is 13.3. The normalized spacial score (nSPS) is 13.0. The Balaban J connectivity index is 0.903. The van der Waals surface area contributed by atoms with Crippen LogP contribution in [0.1, 0.15) is 22.3 Å². The van der Waals surface area contributed by atoms with Crippen LogP contribution in [0.4, 0.5) is 0 Å². The number of aromatic nitrogens is 2. The summed E-state index contributed by atoms with van der Waals surface area (Å²) >= 11 is 0. The van der Waals surface area contributed by atoms with E-state index >= 15 is 0 Å². The first kappa shape index (κ1) is 35.4. The number of hydrogen-bond acceptors (Lipinski definition) is 4. The van der Waals surface area contributed by atoms with Crippen molar-refractivity contribution in [2.75, 3.05) is 0 Å². The van der Waals surface area contributed by atoms with Gasteiger partial charge in [-0.3, -0.25) is 0 Å². The molecule has 1 spiro atoms. The molecule has 1 aliphatic heterocycles. The van der Waals surface area contributed by atoms with E-state index in [0.717, 1.165) is 94.9 Å². The van der Waals surface area contributed by atoms with Crippen molar-refractivity contribution >= 4 is 21.9 Å². The highest BCUT2D eigenvalue weighted by Crippen LogP contribution is 2.63. The lowest BCUT2D eigenvalue weighted by atomic mass is 9.65. The predicted molar refractivity (Wildman–Crippen MR) is 254 cm³/mol. The Kier molecular flexibility index (Phi) is 7.79. The third-order valence-corrected chi connectivity index (χ3v) is 13.0. The molecule has 294 valence electrons. The van der Waals surface area contributed by atoms with Crippen LogP contribution >= 0.6 is 0 Å². The highest BCUT2D eigenvalue weighted by atomic mass is 16.5. The summed E-state index contributed by atoms with van der Waals surface area (Å²) in [5, 5.41) is 2.24. The van der Waals surface area contributed by atoms with Crippen molar-refractivity contribution in [2.24, 2.45) is 0 Å². The number of rotatable bonds is 5. The molecule has 0 amide bonds. The molecule has 2 aromatic heterocycles. The topological polar surface area (TPSA) is 48.2 Å². The molecule has 0 unspecified atom stereocenters. The fraction of sp³-hybridized carbons (Fsp3) is 0.0169. The van der Waals surface area contributed by atoms with E-state index in [4.69, 9.17) is 19.1 Å². The van der Waals surface area contributed by atoms with Gasteiger partial charge in [0.25, 0.3) is 0 Å². The van der Waals surface area contributed by atoms with E-state index in [-0.39, 0.29) is 0 Å². The number of furan rings is 1. The molecule has 13 rings (SSSR count). The Morgan fingerprint density at radius 2 is 0.857 bits per heavy atom. The van der Waals surface area contributed by atoms with Gasteiger partial charge < -0.3 is 9.15 Å². The van der Waals surface area contributed by atoms with E-state index in [1.807, 2.05) is 30.3 Å². The van der Waals surface area contributed by atoms with Crippen molar-refractivity contribution in [3.8, 4) is 78.8 Å². The van der Waals surface area contributed by atoms with Gasteiger partial charge in [-0.05, 0) is 51.6 Å². The minimum absolute atomic E-state index is 0.519. The summed E-state index contributed by atoms with van der Waals surface area (Å²) in [6, 6.07) is 77.0. The van der Waals surface area contributed by atoms with Gasteiger partial charge in [0.05, 0.1) is 16.8 Å². The zero-order valence-corrected chi connectivity index (χ0v) is 34.0. The number of ether oxygens (including phenoxy) is 1. The molecule has 0 saturated carbocycles. The second-order valence-corrected chi connectivity index (χ2v) is 16.4. The summed E-state index contributed by atoms with van der Waals surface area (Å²) in [5.41, 5.74) is 17.6. The largest absolute Gasteiger partial charge is 0.456 e. The maximum Gasteiger partial charge on any atom is 0.160 e. The molecule has 0 atom stereocenters. The van der Waals surface area contributed by atoms with Crippen LogP contribution in [0.2, 0.25) is 0 Å². The van der Waals surface area contributed by atoms with Gasteiger partial charge in [-0.1, -0.05) is 200 Å². The molecule has 3 heterocycles. The van der Waals surface area contributed by atoms with Crippen LogP contribution in [0.3, 0.4) is 0 Å². The third-order valence-electron chi connectivity index (χ3n) is 13.0. The van der Waals surface area contributed by atoms with Crippen molar-refractivity contribution < 1.29 is 9.15 Å². The Morgan fingerprint density at radius 3 is 1.60 bits per heavy atom. The van der Waals surface area contributed by atoms with Gasteiger partial charge in [0.15, 0.2) is 5.82 Å². The van der Waals surface area contributed by atoms with E-state index in [9.17, 15) is 0 Å². The summed E-state index contributed by atoms with van der Waals surface area (Å²) in [5.74, 6) is 2.41. The quantitative estimate of drug-likeness (QED) is 0.174. The smallest absolute Gasteiger partial charge is 0.160 e. The van der Waals surface area contributed by atoms with Gasteiger partial charge in [-0.15, -0.1) is 0 Å². The van der Waals surface area contributed by atoms with Crippen LogP contribution in [0.5, 0.6) is 11.5 Å². The van der Waals surface area contributed by atoms with Crippen molar-refractivity contribution in [3.63, 3.8) is 0 Å². The molecular weight excluding hydrogens is 769 g/mol. The zero-order valence-electron chi connectivity index (χ0n) is 34.0. The summed E-state index contributed by atoms with van der Waals surface area (Å²) in [6.45, 7) is 0. The van der Waals surface area contributed by atoms with Gasteiger partial charge >= 0.3 is 0 Å². The lowest BCUT2D eigenvalue weighted by Gasteiger charge is -2.40. The molecule has 9 aromatic carbocycles. The lowest BCUT2D eigenvalue weighted by Crippen LogP contribution is -2.32. The molecular formula is C59H36N2O2. The van der Waals surface area contributed by atoms with E-state index in [1.165, 1.54) is 22.3 Å². The molecule has 63 heavy (non-hydrogen) atoms. The van der Waals surface area contributed by atoms with Crippen molar-refractivity contribution in [1.29, 1.82) is 0 Å². The standard InChI is InChI=1S/C59H36N2O2/c1-2-14-39(15-3-1)52-36-53(40-32-28-37(29-33-40)42-19-12-21-47-46-18-6-10-26-54(46)62-56(42)47)61-58(60-52)41-34-30-38(31-35-41)43-20-13-25-51-57(43)63-55-27-11-9-24-50(55)59(51)48-22-7-4-16-44(48)45-17-5-8-23-49(45)59/h1-36H. The first-order valence-corrected chi connectivity index (χ1v) is 21.4. The van der Waals surface area contributed by atoms with E-state index in [2.05, 4.69) is 188 Å². The monoisotopic (exact) mass is 804 g/mol. The van der Waals surface area contributed by atoms with E-state index < -0.39 is 5.41 Å². The molecule has 0 fully saturated rings. The first-order valence-electron chi connectivity index (χ1n) is 21.4. The fourth-order valence-electron chi connectivity index (χ4n) is 10.2. The highest BCUT2D eigenvalue weighted by molar-refractivity contribution is 6.09. The maximum absolute atomic E-state index is 6.97. The molecule has 4 heteroatoms. The number of hydrogen-bond donors (Lipinski definition) is 0. The van der Waals surface area contributed by atoms with E-state index in [1.54, 1.807) is 0 Å². The molecule has 0 radical (unpaired) electrons. The SMILES string of the molecule is c1ccc(-c2cc(-c3ccc(-c4cccc5c4oc4ccccc45)cc3)nc(-c3ccc(-c4cccc5c4Oc4ccccc4C54c5ccccc5-c5ccccc54)cc3)n2)cc1. The van der Waals surface area contributed by atoms with Crippen LogP contribution in [0.25, 0.3) is 89.2 Å². The minimum atomic E-state index is -0.519. The van der Waals surface area contributed by atoms with Crippen LogP contribution in [-0.4, -0.2) is 9.97 Å². The van der Waals surface area contributed by atoms with Gasteiger partial charge in [0.1, 0.15) is 22.7 Å². The Bertz CT molecular complexity index is 3540. The van der Waals surface area contributed by atoms with Gasteiger partial charge in [0.2, 0.25) is 0 Å². The number of benzene rings is 9. The molecule has 0 saturated heterocycles. The van der Waals surface area contributed by atoms with Crippen molar-refractivity contribution in [1.82, 2.24) is 9.97 Å². The molecule has 11 aromatic rings. The fourth-order valence-corrected chi connectivity index (χ4v) is 10.2. The molecule has 0 N–H and O–H groups in total. The number of fused-ring (bicyclic) bond motifs is 12. The van der Waals surface area contributed by atoms with Crippen LogP contribution in [0.15, 0.2) is 223 Å². The van der Waals surface area contributed by atoms with Crippen LogP contribution in [-0.2, 0) is 5.41 Å². The number of nitrogens with zero attached hydrogens (tertiary/aromatic N) is 2. The minimum Gasteiger partial charge on any atom is -0.456 e. The molecule has 2 aliphatic rings. The summed E-state index contributed by atoms with van der Waals surface area (Å²) in [4.78, 5) is 10.4. The summed E-state index contributed by atoms with van der Waals surface area (Å²) in [6.07, 6.45) is 0. The van der Waals surface area contributed by atoms with Crippen molar-refractivity contribution in [2.45, 2.75) is 5.41 Å². The Labute approximate surface area is 364 Å². The van der Waals surface area contributed by atoms with Gasteiger partial charge in [-0.25, -0.2) is 9.97 Å². The first-order chi connectivity index (χ1) is 31.2. The van der Waals surface area contributed by atoms with Gasteiger partial charge in [-0.2, -0.15) is 0 Å². The Hall–Kier alpha value is -8.34. The zero-order chi connectivity index (χ0) is 41.5. The van der Waals surface area contributed by atoms with Crippen molar-refractivity contribution in [3.05, 3.63) is 241 Å². The third kappa shape index (κ3) is 5.35. The molecule has 4 nitrogen and oxygen atoms in total. The second-order valence-electron chi connectivity index (χ2n) is 16.4. The average molecular weight is 805 g/mol. The van der Waals surface area contributed by atoms with Crippen LogP contribution < -0.4 is 4.74 Å². The van der Waals surface area contributed by atoms with Crippen LogP contribution in [0, 0.1) is 0 Å². The highest BCUT2D eigenvalue weighted by Gasteiger charge is 2.51. The maximum atomic E-state index is 6.97.